The van der Waals surface area contributed by atoms with Gasteiger partial charge in [0, 0.05) is 17.1 Å². The maximum atomic E-state index is 5.82. The molecule has 122 valence electrons. The van der Waals surface area contributed by atoms with Gasteiger partial charge in [-0.3, -0.25) is 0 Å². The first kappa shape index (κ1) is 15.2. The number of nitrogens with zero attached hydrogens (tertiary/aromatic N) is 3. The molecule has 6 heteroatoms. The van der Waals surface area contributed by atoms with Gasteiger partial charge in [-0.15, -0.1) is 0 Å². The van der Waals surface area contributed by atoms with E-state index in [1.807, 2.05) is 54.1 Å². The van der Waals surface area contributed by atoms with Gasteiger partial charge in [-0.25, -0.2) is 10.4 Å². The number of hydrazone groups is 1. The standard InChI is InChI=1S/C18H17BrN4O/c1-23-16-7-3-2-5-15(16)20-18(23)22-21-14-6-4-10-24-17-11-12(19)8-9-13(14)17/h2-3,5,7-9,11H,4,6,10H2,1H3,(H,20,22)/b21-14-. The lowest BCUT2D eigenvalue weighted by Crippen LogP contribution is -2.06. The highest BCUT2D eigenvalue weighted by Crippen LogP contribution is 2.28. The summed E-state index contributed by atoms with van der Waals surface area (Å²) in [5, 5.41) is 4.63. The Balaban J connectivity index is 1.69. The number of hydrogen-bond acceptors (Lipinski definition) is 4. The number of para-hydroxylation sites is 2. The summed E-state index contributed by atoms with van der Waals surface area (Å²) in [4.78, 5) is 4.60. The maximum absolute atomic E-state index is 5.82. The molecular formula is C18H17BrN4O. The molecule has 4 rings (SSSR count). The van der Waals surface area contributed by atoms with Gasteiger partial charge >= 0.3 is 0 Å². The Morgan fingerprint density at radius 2 is 2.12 bits per heavy atom. The van der Waals surface area contributed by atoms with E-state index in [0.29, 0.717) is 6.61 Å². The molecule has 0 atom stereocenters. The minimum atomic E-state index is 0.703. The quantitative estimate of drug-likeness (QED) is 0.669. The van der Waals surface area contributed by atoms with E-state index in [0.717, 1.165) is 51.3 Å². The third kappa shape index (κ3) is 2.78. The van der Waals surface area contributed by atoms with Crippen molar-refractivity contribution >= 4 is 38.6 Å². The molecule has 1 aliphatic rings. The zero-order chi connectivity index (χ0) is 16.5. The molecule has 0 fully saturated rings. The van der Waals surface area contributed by atoms with Crippen LogP contribution in [-0.2, 0) is 7.05 Å². The third-order valence-corrected chi connectivity index (χ3v) is 4.64. The number of aryl methyl sites for hydroxylation is 1. The lowest BCUT2D eigenvalue weighted by atomic mass is 10.1. The summed E-state index contributed by atoms with van der Waals surface area (Å²) in [6.45, 7) is 0.703. The summed E-state index contributed by atoms with van der Waals surface area (Å²) in [5.41, 5.74) is 7.18. The van der Waals surface area contributed by atoms with E-state index in [-0.39, 0.29) is 0 Å². The van der Waals surface area contributed by atoms with Gasteiger partial charge in [0.2, 0.25) is 5.95 Å². The number of anilines is 1. The SMILES string of the molecule is Cn1c(N/N=C2/CCCOc3cc(Br)ccc32)nc2ccccc21. The number of rotatable bonds is 2. The molecule has 0 spiro atoms. The van der Waals surface area contributed by atoms with Crippen LogP contribution in [0.2, 0.25) is 0 Å². The Labute approximate surface area is 148 Å². The fraction of sp³-hybridized carbons (Fsp3) is 0.222. The van der Waals surface area contributed by atoms with Crippen LogP contribution in [0.25, 0.3) is 11.0 Å². The van der Waals surface area contributed by atoms with E-state index in [1.54, 1.807) is 0 Å². The van der Waals surface area contributed by atoms with Crippen LogP contribution in [0.5, 0.6) is 5.75 Å². The van der Waals surface area contributed by atoms with Gasteiger partial charge in [0.15, 0.2) is 0 Å². The number of fused-ring (bicyclic) bond motifs is 2. The highest BCUT2D eigenvalue weighted by molar-refractivity contribution is 9.10. The lowest BCUT2D eigenvalue weighted by Gasteiger charge is -2.09. The molecule has 0 saturated carbocycles. The van der Waals surface area contributed by atoms with Gasteiger partial charge in [0.05, 0.1) is 23.4 Å². The van der Waals surface area contributed by atoms with Gasteiger partial charge < -0.3 is 9.30 Å². The van der Waals surface area contributed by atoms with Crippen LogP contribution < -0.4 is 10.2 Å². The second-order valence-electron chi connectivity index (χ2n) is 5.75. The van der Waals surface area contributed by atoms with Crippen molar-refractivity contribution in [3.05, 3.63) is 52.5 Å². The van der Waals surface area contributed by atoms with Crippen LogP contribution in [0.4, 0.5) is 5.95 Å². The van der Waals surface area contributed by atoms with Crippen LogP contribution in [0.15, 0.2) is 52.0 Å². The van der Waals surface area contributed by atoms with E-state index in [4.69, 9.17) is 4.74 Å². The number of benzene rings is 2. The largest absolute Gasteiger partial charge is 0.493 e. The summed E-state index contributed by atoms with van der Waals surface area (Å²) in [5.74, 6) is 1.60. The normalized spacial score (nSPS) is 15.8. The number of halogens is 1. The van der Waals surface area contributed by atoms with Crippen LogP contribution in [0.3, 0.4) is 0 Å². The molecule has 0 radical (unpaired) electrons. The van der Waals surface area contributed by atoms with Gasteiger partial charge in [-0.05, 0) is 43.2 Å². The van der Waals surface area contributed by atoms with E-state index in [2.05, 4.69) is 31.4 Å². The monoisotopic (exact) mass is 384 g/mol. The molecule has 0 unspecified atom stereocenters. The average molecular weight is 385 g/mol. The van der Waals surface area contributed by atoms with Crippen molar-refractivity contribution in [3.63, 3.8) is 0 Å². The Kier molecular flexibility index (Phi) is 3.98. The number of aromatic nitrogens is 2. The van der Waals surface area contributed by atoms with Crippen molar-refractivity contribution in [2.45, 2.75) is 12.8 Å². The summed E-state index contributed by atoms with van der Waals surface area (Å²) in [7, 11) is 1.99. The summed E-state index contributed by atoms with van der Waals surface area (Å²) in [6.07, 6.45) is 1.81. The Morgan fingerprint density at radius 3 is 3.00 bits per heavy atom. The van der Waals surface area contributed by atoms with Gasteiger partial charge in [0.25, 0.3) is 0 Å². The molecule has 2 heterocycles. The Hall–Kier alpha value is -2.34. The predicted molar refractivity (Wildman–Crippen MR) is 99.7 cm³/mol. The summed E-state index contributed by atoms with van der Waals surface area (Å²) in [6, 6.07) is 14.1. The Bertz CT molecular complexity index is 932. The van der Waals surface area contributed by atoms with Crippen molar-refractivity contribution in [1.82, 2.24) is 9.55 Å². The van der Waals surface area contributed by atoms with Crippen molar-refractivity contribution in [2.75, 3.05) is 12.0 Å². The van der Waals surface area contributed by atoms with Crippen molar-refractivity contribution in [1.29, 1.82) is 0 Å². The highest BCUT2D eigenvalue weighted by atomic mass is 79.9. The van der Waals surface area contributed by atoms with Crippen LogP contribution in [0.1, 0.15) is 18.4 Å². The van der Waals surface area contributed by atoms with E-state index < -0.39 is 0 Å². The van der Waals surface area contributed by atoms with Gasteiger partial charge in [-0.2, -0.15) is 5.10 Å². The molecular weight excluding hydrogens is 368 g/mol. The third-order valence-electron chi connectivity index (χ3n) is 4.15. The average Bonchev–Trinajstić information content (AvgIpc) is 2.78. The molecule has 1 aromatic heterocycles. The number of imidazole rings is 1. The minimum absolute atomic E-state index is 0.703. The van der Waals surface area contributed by atoms with E-state index >= 15 is 0 Å². The highest BCUT2D eigenvalue weighted by Gasteiger charge is 2.16. The maximum Gasteiger partial charge on any atom is 0.224 e. The Morgan fingerprint density at radius 1 is 1.25 bits per heavy atom. The van der Waals surface area contributed by atoms with Gasteiger partial charge in [-0.1, -0.05) is 28.1 Å². The van der Waals surface area contributed by atoms with Crippen LogP contribution in [-0.4, -0.2) is 21.9 Å². The number of nitrogens with one attached hydrogen (secondary N) is 1. The van der Waals surface area contributed by atoms with E-state index in [1.165, 1.54) is 0 Å². The molecule has 1 N–H and O–H groups in total. The minimum Gasteiger partial charge on any atom is -0.493 e. The zero-order valence-corrected chi connectivity index (χ0v) is 14.9. The summed E-state index contributed by atoms with van der Waals surface area (Å²) >= 11 is 3.49. The second-order valence-corrected chi connectivity index (χ2v) is 6.66. The molecule has 1 aliphatic heterocycles. The first-order valence-corrected chi connectivity index (χ1v) is 8.68. The van der Waals surface area contributed by atoms with Crippen molar-refractivity contribution < 1.29 is 4.74 Å². The van der Waals surface area contributed by atoms with Crippen molar-refractivity contribution in [2.24, 2.45) is 12.1 Å². The first-order valence-electron chi connectivity index (χ1n) is 7.89. The number of hydrogen-bond donors (Lipinski definition) is 1. The molecule has 3 aromatic rings. The number of ether oxygens (including phenoxy) is 1. The fourth-order valence-corrected chi connectivity index (χ4v) is 3.23. The lowest BCUT2D eigenvalue weighted by molar-refractivity contribution is 0.317. The smallest absolute Gasteiger partial charge is 0.224 e. The molecule has 0 amide bonds. The zero-order valence-electron chi connectivity index (χ0n) is 13.3. The molecule has 5 nitrogen and oxygen atoms in total. The van der Waals surface area contributed by atoms with Crippen LogP contribution in [0, 0.1) is 0 Å². The van der Waals surface area contributed by atoms with Crippen molar-refractivity contribution in [3.8, 4) is 5.75 Å². The first-order chi connectivity index (χ1) is 11.7. The molecule has 0 bridgehead atoms. The topological polar surface area (TPSA) is 51.4 Å². The fourth-order valence-electron chi connectivity index (χ4n) is 2.89. The van der Waals surface area contributed by atoms with Crippen LogP contribution >= 0.6 is 15.9 Å². The molecule has 0 aliphatic carbocycles. The molecule has 0 saturated heterocycles. The second kappa shape index (κ2) is 6.28. The van der Waals surface area contributed by atoms with Gasteiger partial charge in [0.1, 0.15) is 5.75 Å². The van der Waals surface area contributed by atoms with E-state index in [9.17, 15) is 0 Å². The summed E-state index contributed by atoms with van der Waals surface area (Å²) < 4.78 is 8.84. The molecule has 2 aromatic carbocycles. The molecule has 24 heavy (non-hydrogen) atoms. The predicted octanol–water partition coefficient (Wildman–Crippen LogP) is 4.32.